The number of benzene rings is 3. The van der Waals surface area contributed by atoms with Crippen molar-refractivity contribution in [2.24, 2.45) is 5.92 Å². The van der Waals surface area contributed by atoms with Crippen LogP contribution in [0.4, 0.5) is 4.79 Å². The summed E-state index contributed by atoms with van der Waals surface area (Å²) in [7, 11) is 0. The van der Waals surface area contributed by atoms with E-state index in [0.29, 0.717) is 12.5 Å². The van der Waals surface area contributed by atoms with Crippen LogP contribution in [-0.4, -0.2) is 30.6 Å². The van der Waals surface area contributed by atoms with Gasteiger partial charge in [0.1, 0.15) is 0 Å². The first kappa shape index (κ1) is 21.1. The molecule has 1 aliphatic heterocycles. The summed E-state index contributed by atoms with van der Waals surface area (Å²) in [4.78, 5) is 15.0. The van der Waals surface area contributed by atoms with Crippen LogP contribution in [0.1, 0.15) is 35.6 Å². The van der Waals surface area contributed by atoms with Crippen molar-refractivity contribution >= 4 is 6.03 Å². The molecule has 3 aromatic rings. The SMILES string of the molecule is O=C(NC(c1ccccc1)c1ccccc1)N1CCC(COCc2ccccc2)CC1. The summed E-state index contributed by atoms with van der Waals surface area (Å²) in [5.41, 5.74) is 3.38. The molecule has 0 aromatic heterocycles. The second-order valence-electron chi connectivity index (χ2n) is 8.14. The number of hydrogen-bond donors (Lipinski definition) is 1. The van der Waals surface area contributed by atoms with Crippen molar-refractivity contribution in [2.75, 3.05) is 19.7 Å². The number of urea groups is 1. The molecule has 1 saturated heterocycles. The Labute approximate surface area is 184 Å². The zero-order valence-electron chi connectivity index (χ0n) is 17.8. The van der Waals surface area contributed by atoms with Gasteiger partial charge in [-0.05, 0) is 35.4 Å². The minimum atomic E-state index is -0.151. The molecule has 4 nitrogen and oxygen atoms in total. The number of carbonyl (C=O) groups excluding carboxylic acids is 1. The maximum Gasteiger partial charge on any atom is 0.318 e. The third kappa shape index (κ3) is 5.96. The molecule has 0 saturated carbocycles. The molecule has 1 heterocycles. The molecule has 0 unspecified atom stereocenters. The highest BCUT2D eigenvalue weighted by Gasteiger charge is 2.25. The minimum absolute atomic E-state index is 0.00126. The Morgan fingerprint density at radius 1 is 0.839 bits per heavy atom. The fourth-order valence-corrected chi connectivity index (χ4v) is 4.09. The summed E-state index contributed by atoms with van der Waals surface area (Å²) < 4.78 is 5.92. The highest BCUT2D eigenvalue weighted by atomic mass is 16.5. The largest absolute Gasteiger partial charge is 0.376 e. The number of nitrogens with zero attached hydrogens (tertiary/aromatic N) is 1. The number of carbonyl (C=O) groups is 1. The van der Waals surface area contributed by atoms with Gasteiger partial charge in [0.25, 0.3) is 0 Å². The van der Waals surface area contributed by atoms with Gasteiger partial charge in [0.15, 0.2) is 0 Å². The van der Waals surface area contributed by atoms with Crippen LogP contribution >= 0.6 is 0 Å². The van der Waals surface area contributed by atoms with Crippen molar-refractivity contribution in [1.82, 2.24) is 10.2 Å². The standard InChI is InChI=1S/C27H30N2O2/c30-27(28-26(24-12-6-2-7-13-24)25-14-8-3-9-15-25)29-18-16-23(17-19-29)21-31-20-22-10-4-1-5-11-22/h1-15,23,26H,16-21H2,(H,28,30). The quantitative estimate of drug-likeness (QED) is 0.561. The summed E-state index contributed by atoms with van der Waals surface area (Å²) in [5.74, 6) is 0.506. The van der Waals surface area contributed by atoms with E-state index in [1.807, 2.05) is 59.5 Å². The van der Waals surface area contributed by atoms with Crippen molar-refractivity contribution < 1.29 is 9.53 Å². The van der Waals surface area contributed by atoms with Gasteiger partial charge in [-0.15, -0.1) is 0 Å². The van der Waals surface area contributed by atoms with E-state index in [-0.39, 0.29) is 12.1 Å². The predicted octanol–water partition coefficient (Wildman–Crippen LogP) is 5.41. The van der Waals surface area contributed by atoms with Gasteiger partial charge in [0.05, 0.1) is 12.6 Å². The Morgan fingerprint density at radius 3 is 1.90 bits per heavy atom. The molecule has 0 spiro atoms. The highest BCUT2D eigenvalue weighted by Crippen LogP contribution is 2.23. The first-order valence-electron chi connectivity index (χ1n) is 11.1. The van der Waals surface area contributed by atoms with Gasteiger partial charge in [0.2, 0.25) is 0 Å². The molecular weight excluding hydrogens is 384 g/mol. The second kappa shape index (κ2) is 10.8. The van der Waals surface area contributed by atoms with Crippen LogP contribution in [0.5, 0.6) is 0 Å². The Bertz CT molecular complexity index is 884. The van der Waals surface area contributed by atoms with Crippen LogP contribution in [0.3, 0.4) is 0 Å². The first-order valence-corrected chi connectivity index (χ1v) is 11.1. The van der Waals surface area contributed by atoms with E-state index < -0.39 is 0 Å². The molecular formula is C27H30N2O2. The predicted molar refractivity (Wildman–Crippen MR) is 124 cm³/mol. The van der Waals surface area contributed by atoms with Gasteiger partial charge in [-0.2, -0.15) is 0 Å². The Balaban J connectivity index is 1.29. The zero-order chi connectivity index (χ0) is 21.3. The Hall–Kier alpha value is -3.11. The topological polar surface area (TPSA) is 41.6 Å². The van der Waals surface area contributed by atoms with Crippen molar-refractivity contribution in [3.8, 4) is 0 Å². The molecule has 1 aliphatic rings. The van der Waals surface area contributed by atoms with Gasteiger partial charge in [-0.25, -0.2) is 4.79 Å². The average Bonchev–Trinajstić information content (AvgIpc) is 2.84. The molecule has 31 heavy (non-hydrogen) atoms. The van der Waals surface area contributed by atoms with Gasteiger partial charge in [0, 0.05) is 19.7 Å². The number of hydrogen-bond acceptors (Lipinski definition) is 2. The molecule has 0 bridgehead atoms. The molecule has 1 N–H and O–H groups in total. The molecule has 4 heteroatoms. The maximum absolute atomic E-state index is 13.0. The summed E-state index contributed by atoms with van der Waals surface area (Å²) in [6, 6.07) is 30.4. The minimum Gasteiger partial charge on any atom is -0.376 e. The highest BCUT2D eigenvalue weighted by molar-refractivity contribution is 5.75. The number of nitrogens with one attached hydrogen (secondary N) is 1. The van der Waals surface area contributed by atoms with Crippen LogP contribution in [0.2, 0.25) is 0 Å². The summed E-state index contributed by atoms with van der Waals surface area (Å²) in [6.45, 7) is 2.93. The normalized spacial score (nSPS) is 14.5. The maximum atomic E-state index is 13.0. The lowest BCUT2D eigenvalue weighted by Crippen LogP contribution is -2.46. The van der Waals surface area contributed by atoms with Gasteiger partial charge >= 0.3 is 6.03 Å². The van der Waals surface area contributed by atoms with Crippen molar-refractivity contribution in [3.05, 3.63) is 108 Å². The van der Waals surface area contributed by atoms with Crippen LogP contribution in [0.15, 0.2) is 91.0 Å². The third-order valence-corrected chi connectivity index (χ3v) is 5.90. The lowest BCUT2D eigenvalue weighted by Gasteiger charge is -2.33. The lowest BCUT2D eigenvalue weighted by atomic mass is 9.97. The molecule has 160 valence electrons. The molecule has 3 aromatic carbocycles. The zero-order valence-corrected chi connectivity index (χ0v) is 17.8. The van der Waals surface area contributed by atoms with Crippen LogP contribution in [0.25, 0.3) is 0 Å². The Morgan fingerprint density at radius 2 is 1.35 bits per heavy atom. The number of amides is 2. The molecule has 4 rings (SSSR count). The number of rotatable bonds is 7. The molecule has 0 aliphatic carbocycles. The fraction of sp³-hybridized carbons (Fsp3) is 0.296. The average molecular weight is 415 g/mol. The summed E-state index contributed by atoms with van der Waals surface area (Å²) in [6.07, 6.45) is 1.95. The van der Waals surface area contributed by atoms with Crippen LogP contribution < -0.4 is 5.32 Å². The van der Waals surface area contributed by atoms with Crippen LogP contribution in [0, 0.1) is 5.92 Å². The van der Waals surface area contributed by atoms with Crippen molar-refractivity contribution in [2.45, 2.75) is 25.5 Å². The molecule has 2 amide bonds. The van der Waals surface area contributed by atoms with Gasteiger partial charge in [-0.3, -0.25) is 0 Å². The molecule has 1 fully saturated rings. The van der Waals surface area contributed by atoms with E-state index in [1.165, 1.54) is 5.56 Å². The van der Waals surface area contributed by atoms with Crippen LogP contribution in [-0.2, 0) is 11.3 Å². The number of piperidine rings is 1. The van der Waals surface area contributed by atoms with E-state index in [1.54, 1.807) is 0 Å². The number of ether oxygens (including phenoxy) is 1. The molecule has 0 radical (unpaired) electrons. The Kier molecular flexibility index (Phi) is 7.35. The van der Waals surface area contributed by atoms with E-state index in [0.717, 1.165) is 43.7 Å². The van der Waals surface area contributed by atoms with Gasteiger partial charge < -0.3 is 15.0 Å². The summed E-state index contributed by atoms with van der Waals surface area (Å²) >= 11 is 0. The van der Waals surface area contributed by atoms with E-state index in [4.69, 9.17) is 4.74 Å². The fourth-order valence-electron chi connectivity index (χ4n) is 4.09. The van der Waals surface area contributed by atoms with Gasteiger partial charge in [-0.1, -0.05) is 91.0 Å². The monoisotopic (exact) mass is 414 g/mol. The van der Waals surface area contributed by atoms with Crippen molar-refractivity contribution in [1.29, 1.82) is 0 Å². The van der Waals surface area contributed by atoms with E-state index >= 15 is 0 Å². The van der Waals surface area contributed by atoms with E-state index in [2.05, 4.69) is 41.7 Å². The van der Waals surface area contributed by atoms with E-state index in [9.17, 15) is 4.79 Å². The number of likely N-dealkylation sites (tertiary alicyclic amines) is 1. The second-order valence-corrected chi connectivity index (χ2v) is 8.14. The summed E-state index contributed by atoms with van der Waals surface area (Å²) in [5, 5.41) is 3.25. The smallest absolute Gasteiger partial charge is 0.318 e. The first-order chi connectivity index (χ1) is 15.3. The molecule has 0 atom stereocenters. The third-order valence-electron chi connectivity index (χ3n) is 5.90. The van der Waals surface area contributed by atoms with Crippen molar-refractivity contribution in [3.63, 3.8) is 0 Å². The lowest BCUT2D eigenvalue weighted by molar-refractivity contribution is 0.0628.